The number of amides is 1. The molecule has 1 aliphatic rings. The molecule has 1 aliphatic heterocycles. The van der Waals surface area contributed by atoms with Gasteiger partial charge in [0.25, 0.3) is 5.56 Å². The van der Waals surface area contributed by atoms with Crippen LogP contribution < -0.4 is 15.6 Å². The van der Waals surface area contributed by atoms with Crippen molar-refractivity contribution in [2.24, 2.45) is 5.92 Å². The second-order valence-electron chi connectivity index (χ2n) is 9.57. The number of nitrogens with one attached hydrogen (secondary N) is 1. The van der Waals surface area contributed by atoms with Crippen molar-refractivity contribution in [1.82, 2.24) is 19.8 Å². The molecule has 0 spiro atoms. The third kappa shape index (κ3) is 6.47. The summed E-state index contributed by atoms with van der Waals surface area (Å²) in [5.41, 5.74) is 0.488. The summed E-state index contributed by atoms with van der Waals surface area (Å²) in [5.74, 6) is 0.319. The first-order valence-electron chi connectivity index (χ1n) is 12.3. The summed E-state index contributed by atoms with van der Waals surface area (Å²) >= 11 is 0. The highest BCUT2D eigenvalue weighted by atomic mass is 19.1. The van der Waals surface area contributed by atoms with Crippen LogP contribution in [0.15, 0.2) is 47.3 Å². The Kier molecular flexibility index (Phi) is 8.32. The van der Waals surface area contributed by atoms with Gasteiger partial charge in [-0.15, -0.1) is 0 Å². The number of halogens is 1. The summed E-state index contributed by atoms with van der Waals surface area (Å²) in [7, 11) is 0. The Morgan fingerprint density at radius 1 is 1.17 bits per heavy atom. The first kappa shape index (κ1) is 25.8. The van der Waals surface area contributed by atoms with Crippen molar-refractivity contribution in [2.45, 2.75) is 33.4 Å². The molecule has 0 radical (unpaired) electrons. The Hall–Kier alpha value is -3.30. The summed E-state index contributed by atoms with van der Waals surface area (Å²) < 4.78 is 26.7. The Labute approximate surface area is 210 Å². The molecule has 0 aliphatic carbocycles. The molecule has 1 amide bonds. The van der Waals surface area contributed by atoms with E-state index in [2.05, 4.69) is 22.1 Å². The monoisotopic (exact) mass is 496 g/mol. The van der Waals surface area contributed by atoms with Gasteiger partial charge < -0.3 is 14.8 Å². The third-order valence-corrected chi connectivity index (χ3v) is 5.97. The van der Waals surface area contributed by atoms with E-state index >= 15 is 0 Å². The van der Waals surface area contributed by atoms with Gasteiger partial charge in [-0.25, -0.2) is 9.37 Å². The molecule has 8 nitrogen and oxygen atoms in total. The maximum absolute atomic E-state index is 14.0. The first-order valence-corrected chi connectivity index (χ1v) is 12.3. The van der Waals surface area contributed by atoms with Crippen LogP contribution in [0.25, 0.3) is 22.3 Å². The second-order valence-corrected chi connectivity index (χ2v) is 9.57. The standard InChI is InChI=1S/C27H33FN4O4/c1-18(2)29-25(33)16-32-26(20-5-4-6-21(28)13-20)30-24-8-7-22(14-23(24)27(32)34)36-17-19(3)15-31-9-11-35-12-10-31/h4-8,13-14,18-19H,9-12,15-17H2,1-3H3,(H,29,33)/t19-/m0/s1. The number of ether oxygens (including phenoxy) is 2. The fourth-order valence-corrected chi connectivity index (χ4v) is 4.31. The van der Waals surface area contributed by atoms with E-state index in [1.807, 2.05) is 13.8 Å². The van der Waals surface area contributed by atoms with Crippen LogP contribution in [0, 0.1) is 11.7 Å². The van der Waals surface area contributed by atoms with Crippen LogP contribution in [-0.4, -0.2) is 65.9 Å². The maximum atomic E-state index is 14.0. The number of morpholine rings is 1. The van der Waals surface area contributed by atoms with E-state index in [0.29, 0.717) is 34.7 Å². The number of rotatable bonds is 9. The molecule has 3 aromatic rings. The van der Waals surface area contributed by atoms with Gasteiger partial charge in [-0.1, -0.05) is 19.1 Å². The van der Waals surface area contributed by atoms with Crippen LogP contribution in [-0.2, 0) is 16.1 Å². The van der Waals surface area contributed by atoms with Crippen molar-refractivity contribution in [3.05, 3.63) is 58.6 Å². The average molecular weight is 497 g/mol. The zero-order valence-electron chi connectivity index (χ0n) is 21.0. The summed E-state index contributed by atoms with van der Waals surface area (Å²) in [6.07, 6.45) is 0. The van der Waals surface area contributed by atoms with Gasteiger partial charge in [-0.3, -0.25) is 19.1 Å². The molecule has 4 rings (SSSR count). The lowest BCUT2D eigenvalue weighted by Crippen LogP contribution is -2.39. The van der Waals surface area contributed by atoms with E-state index in [1.54, 1.807) is 30.3 Å². The van der Waals surface area contributed by atoms with Crippen molar-refractivity contribution in [1.29, 1.82) is 0 Å². The molecule has 1 N–H and O–H groups in total. The second kappa shape index (κ2) is 11.6. The van der Waals surface area contributed by atoms with Gasteiger partial charge in [-0.05, 0) is 44.2 Å². The lowest BCUT2D eigenvalue weighted by Gasteiger charge is -2.29. The number of nitrogens with zero attached hydrogens (tertiary/aromatic N) is 3. The summed E-state index contributed by atoms with van der Waals surface area (Å²) in [5, 5.41) is 3.14. The van der Waals surface area contributed by atoms with Gasteiger partial charge in [0.1, 0.15) is 23.9 Å². The average Bonchev–Trinajstić information content (AvgIpc) is 2.84. The minimum atomic E-state index is -0.449. The molecule has 1 saturated heterocycles. The van der Waals surface area contributed by atoms with Gasteiger partial charge in [0.15, 0.2) is 0 Å². The Balaban J connectivity index is 1.62. The van der Waals surface area contributed by atoms with Crippen molar-refractivity contribution in [2.75, 3.05) is 39.5 Å². The number of benzene rings is 2. The van der Waals surface area contributed by atoms with Crippen LogP contribution in [0.2, 0.25) is 0 Å². The van der Waals surface area contributed by atoms with Gasteiger partial charge in [0.05, 0.1) is 30.7 Å². The van der Waals surface area contributed by atoms with Crippen LogP contribution in [0.4, 0.5) is 4.39 Å². The predicted molar refractivity (Wildman–Crippen MR) is 137 cm³/mol. The van der Waals surface area contributed by atoms with Gasteiger partial charge in [-0.2, -0.15) is 0 Å². The van der Waals surface area contributed by atoms with E-state index in [0.717, 1.165) is 32.8 Å². The quantitative estimate of drug-likeness (QED) is 0.490. The van der Waals surface area contributed by atoms with Gasteiger partial charge in [0, 0.05) is 37.2 Å². The minimum Gasteiger partial charge on any atom is -0.493 e. The molecular weight excluding hydrogens is 463 g/mol. The topological polar surface area (TPSA) is 85.7 Å². The zero-order valence-corrected chi connectivity index (χ0v) is 21.0. The Morgan fingerprint density at radius 3 is 2.67 bits per heavy atom. The fourth-order valence-electron chi connectivity index (χ4n) is 4.31. The third-order valence-electron chi connectivity index (χ3n) is 5.97. The molecule has 2 aromatic carbocycles. The number of hydrogen-bond acceptors (Lipinski definition) is 6. The molecule has 0 bridgehead atoms. The van der Waals surface area contributed by atoms with E-state index in [9.17, 15) is 14.0 Å². The molecule has 9 heteroatoms. The highest BCUT2D eigenvalue weighted by Crippen LogP contribution is 2.23. The molecule has 1 aromatic heterocycles. The number of hydrogen-bond donors (Lipinski definition) is 1. The van der Waals surface area contributed by atoms with Crippen LogP contribution in [0.5, 0.6) is 5.75 Å². The Bertz CT molecular complexity index is 1270. The molecule has 1 fully saturated rings. The van der Waals surface area contributed by atoms with E-state index in [1.165, 1.54) is 16.7 Å². The lowest BCUT2D eigenvalue weighted by atomic mass is 10.1. The zero-order chi connectivity index (χ0) is 25.7. The molecule has 2 heterocycles. The van der Waals surface area contributed by atoms with E-state index in [4.69, 9.17) is 9.47 Å². The normalized spacial score (nSPS) is 15.2. The largest absolute Gasteiger partial charge is 0.493 e. The fraction of sp³-hybridized carbons (Fsp3) is 0.444. The Morgan fingerprint density at radius 2 is 1.94 bits per heavy atom. The molecule has 1 atom stereocenters. The van der Waals surface area contributed by atoms with E-state index in [-0.39, 0.29) is 29.9 Å². The number of fused-ring (bicyclic) bond motifs is 1. The highest BCUT2D eigenvalue weighted by molar-refractivity contribution is 5.83. The number of carbonyl (C=O) groups excluding carboxylic acids is 1. The molecular formula is C27H33FN4O4. The van der Waals surface area contributed by atoms with Crippen LogP contribution in [0.1, 0.15) is 20.8 Å². The van der Waals surface area contributed by atoms with Crippen molar-refractivity contribution < 1.29 is 18.7 Å². The van der Waals surface area contributed by atoms with Crippen molar-refractivity contribution >= 4 is 16.8 Å². The number of aromatic nitrogens is 2. The summed E-state index contributed by atoms with van der Waals surface area (Å²) in [6.45, 7) is 10.3. The minimum absolute atomic E-state index is 0.0845. The van der Waals surface area contributed by atoms with Gasteiger partial charge in [0.2, 0.25) is 5.91 Å². The predicted octanol–water partition coefficient (Wildman–Crippen LogP) is 3.07. The SMILES string of the molecule is CC(C)NC(=O)Cn1c(-c2cccc(F)c2)nc2ccc(OC[C@@H](C)CN3CCOCC3)cc2c1=O. The smallest absolute Gasteiger partial charge is 0.262 e. The highest BCUT2D eigenvalue weighted by Gasteiger charge is 2.18. The molecule has 0 unspecified atom stereocenters. The van der Waals surface area contributed by atoms with E-state index < -0.39 is 5.82 Å². The van der Waals surface area contributed by atoms with Crippen molar-refractivity contribution in [3.8, 4) is 17.1 Å². The summed E-state index contributed by atoms with van der Waals surface area (Å²) in [4.78, 5) is 33.1. The van der Waals surface area contributed by atoms with Crippen molar-refractivity contribution in [3.63, 3.8) is 0 Å². The molecule has 36 heavy (non-hydrogen) atoms. The summed E-state index contributed by atoms with van der Waals surface area (Å²) in [6, 6.07) is 10.9. The maximum Gasteiger partial charge on any atom is 0.262 e. The van der Waals surface area contributed by atoms with Gasteiger partial charge >= 0.3 is 0 Å². The first-order chi connectivity index (χ1) is 17.3. The van der Waals surface area contributed by atoms with Crippen LogP contribution in [0.3, 0.4) is 0 Å². The lowest BCUT2D eigenvalue weighted by molar-refractivity contribution is -0.122. The van der Waals surface area contributed by atoms with Crippen LogP contribution >= 0.6 is 0 Å². The molecule has 192 valence electrons. The number of carbonyl (C=O) groups is 1. The molecule has 0 saturated carbocycles.